The molecule has 0 spiro atoms. The summed E-state index contributed by atoms with van der Waals surface area (Å²) in [5, 5.41) is 9.18. The van der Waals surface area contributed by atoms with E-state index in [4.69, 9.17) is 4.74 Å². The third-order valence-corrected chi connectivity index (χ3v) is 2.86. The van der Waals surface area contributed by atoms with E-state index < -0.39 is 0 Å². The van der Waals surface area contributed by atoms with Gasteiger partial charge in [0.1, 0.15) is 12.7 Å². The van der Waals surface area contributed by atoms with Crippen molar-refractivity contribution >= 4 is 11.2 Å². The third-order valence-electron chi connectivity index (χ3n) is 2.86. The molecule has 0 bridgehead atoms. The standard InChI is InChI=1S/C13H12N4O2/c1-19-13-11-12(14-7-15-13)17(8-16-11)10-4-2-3-9(5-10)6-18/h2-5,7-8,18H,6H2,1H3. The zero-order chi connectivity index (χ0) is 13.2. The van der Waals surface area contributed by atoms with Gasteiger partial charge in [0.2, 0.25) is 5.88 Å². The predicted molar refractivity (Wildman–Crippen MR) is 69.1 cm³/mol. The lowest BCUT2D eigenvalue weighted by Crippen LogP contribution is -1.96. The summed E-state index contributed by atoms with van der Waals surface area (Å²) in [7, 11) is 1.55. The Balaban J connectivity index is 2.20. The van der Waals surface area contributed by atoms with Crippen molar-refractivity contribution in [2.24, 2.45) is 0 Å². The van der Waals surface area contributed by atoms with Gasteiger partial charge in [0.05, 0.1) is 13.7 Å². The number of ether oxygens (including phenoxy) is 1. The molecule has 6 nitrogen and oxygen atoms in total. The molecule has 0 aliphatic heterocycles. The molecule has 0 aliphatic carbocycles. The van der Waals surface area contributed by atoms with Crippen molar-refractivity contribution in [3.05, 3.63) is 42.5 Å². The van der Waals surface area contributed by atoms with Crippen LogP contribution in [0.2, 0.25) is 0 Å². The predicted octanol–water partition coefficient (Wildman–Crippen LogP) is 1.32. The van der Waals surface area contributed by atoms with Gasteiger partial charge < -0.3 is 9.84 Å². The van der Waals surface area contributed by atoms with Gasteiger partial charge in [0, 0.05) is 5.69 Å². The van der Waals surface area contributed by atoms with E-state index >= 15 is 0 Å². The fourth-order valence-corrected chi connectivity index (χ4v) is 1.96. The Hall–Kier alpha value is -2.47. The van der Waals surface area contributed by atoms with E-state index in [2.05, 4.69) is 15.0 Å². The van der Waals surface area contributed by atoms with E-state index in [0.717, 1.165) is 11.3 Å². The van der Waals surface area contributed by atoms with Crippen LogP contribution in [0.15, 0.2) is 36.9 Å². The molecule has 0 amide bonds. The number of nitrogens with zero attached hydrogens (tertiary/aromatic N) is 4. The van der Waals surface area contributed by atoms with Gasteiger partial charge in [-0.15, -0.1) is 0 Å². The average Bonchev–Trinajstić information content (AvgIpc) is 2.91. The van der Waals surface area contributed by atoms with Gasteiger partial charge in [0.25, 0.3) is 0 Å². The second-order valence-electron chi connectivity index (χ2n) is 4.00. The highest BCUT2D eigenvalue weighted by Crippen LogP contribution is 2.22. The molecule has 0 aliphatic rings. The van der Waals surface area contributed by atoms with E-state index in [1.165, 1.54) is 6.33 Å². The van der Waals surface area contributed by atoms with Gasteiger partial charge in [-0.05, 0) is 17.7 Å². The SMILES string of the molecule is COc1ncnc2c1ncn2-c1cccc(CO)c1. The number of imidazole rings is 1. The smallest absolute Gasteiger partial charge is 0.245 e. The van der Waals surface area contributed by atoms with E-state index in [1.807, 2.05) is 28.8 Å². The molecule has 0 unspecified atom stereocenters. The van der Waals surface area contributed by atoms with Crippen LogP contribution in [0.1, 0.15) is 5.56 Å². The molecule has 3 aromatic rings. The Morgan fingerprint density at radius 1 is 1.26 bits per heavy atom. The molecular weight excluding hydrogens is 244 g/mol. The summed E-state index contributed by atoms with van der Waals surface area (Å²) < 4.78 is 6.99. The minimum Gasteiger partial charge on any atom is -0.479 e. The van der Waals surface area contributed by atoms with Gasteiger partial charge in [-0.25, -0.2) is 9.97 Å². The summed E-state index contributed by atoms with van der Waals surface area (Å²) in [6.45, 7) is -0.00122. The summed E-state index contributed by atoms with van der Waals surface area (Å²) in [5.41, 5.74) is 3.00. The first-order chi connectivity index (χ1) is 9.33. The maximum absolute atomic E-state index is 9.18. The monoisotopic (exact) mass is 256 g/mol. The van der Waals surface area contributed by atoms with Crippen LogP contribution in [0.25, 0.3) is 16.9 Å². The van der Waals surface area contributed by atoms with Crippen LogP contribution >= 0.6 is 0 Å². The molecule has 1 N–H and O–H groups in total. The van der Waals surface area contributed by atoms with Crippen molar-refractivity contribution < 1.29 is 9.84 Å². The summed E-state index contributed by atoms with van der Waals surface area (Å²) >= 11 is 0. The maximum atomic E-state index is 9.18. The summed E-state index contributed by atoms with van der Waals surface area (Å²) in [6.07, 6.45) is 3.10. The van der Waals surface area contributed by atoms with Crippen molar-refractivity contribution in [1.29, 1.82) is 0 Å². The Kier molecular flexibility index (Phi) is 2.85. The number of hydrogen-bond acceptors (Lipinski definition) is 5. The molecule has 19 heavy (non-hydrogen) atoms. The van der Waals surface area contributed by atoms with Crippen LogP contribution in [0.5, 0.6) is 5.88 Å². The molecule has 1 aromatic carbocycles. The lowest BCUT2D eigenvalue weighted by Gasteiger charge is -2.05. The van der Waals surface area contributed by atoms with E-state index in [-0.39, 0.29) is 6.61 Å². The van der Waals surface area contributed by atoms with Crippen LogP contribution in [-0.2, 0) is 6.61 Å². The Labute approximate surface area is 109 Å². The lowest BCUT2D eigenvalue weighted by atomic mass is 10.2. The van der Waals surface area contributed by atoms with Crippen molar-refractivity contribution in [3.8, 4) is 11.6 Å². The fraction of sp³-hybridized carbons (Fsp3) is 0.154. The molecule has 0 saturated carbocycles. The summed E-state index contributed by atoms with van der Waals surface area (Å²) in [5.74, 6) is 0.446. The van der Waals surface area contributed by atoms with Crippen LogP contribution in [0, 0.1) is 0 Å². The molecule has 0 saturated heterocycles. The van der Waals surface area contributed by atoms with Gasteiger partial charge >= 0.3 is 0 Å². The second kappa shape index (κ2) is 4.66. The number of fused-ring (bicyclic) bond motifs is 1. The number of aliphatic hydroxyl groups excluding tert-OH is 1. The quantitative estimate of drug-likeness (QED) is 0.765. The zero-order valence-electron chi connectivity index (χ0n) is 10.3. The molecule has 0 fully saturated rings. The molecule has 2 aromatic heterocycles. The Bertz CT molecular complexity index is 723. The number of aliphatic hydroxyl groups is 1. The largest absolute Gasteiger partial charge is 0.479 e. The fourth-order valence-electron chi connectivity index (χ4n) is 1.96. The van der Waals surface area contributed by atoms with Gasteiger partial charge in [-0.2, -0.15) is 4.98 Å². The molecule has 0 radical (unpaired) electrons. The Morgan fingerprint density at radius 2 is 2.16 bits per heavy atom. The van der Waals surface area contributed by atoms with Gasteiger partial charge in [-0.3, -0.25) is 4.57 Å². The topological polar surface area (TPSA) is 73.1 Å². The normalized spacial score (nSPS) is 10.8. The number of methoxy groups -OCH3 is 1. The molecule has 0 atom stereocenters. The molecule has 3 rings (SSSR count). The lowest BCUT2D eigenvalue weighted by molar-refractivity contribution is 0.282. The van der Waals surface area contributed by atoms with E-state index in [1.54, 1.807) is 13.4 Å². The molecule has 96 valence electrons. The highest BCUT2D eigenvalue weighted by molar-refractivity contribution is 5.77. The van der Waals surface area contributed by atoms with Crippen LogP contribution in [0.4, 0.5) is 0 Å². The summed E-state index contributed by atoms with van der Waals surface area (Å²) in [4.78, 5) is 12.5. The number of benzene rings is 1. The highest BCUT2D eigenvalue weighted by Gasteiger charge is 2.11. The average molecular weight is 256 g/mol. The van der Waals surface area contributed by atoms with Gasteiger partial charge in [-0.1, -0.05) is 12.1 Å². The number of aromatic nitrogens is 4. The van der Waals surface area contributed by atoms with Crippen molar-refractivity contribution in [1.82, 2.24) is 19.5 Å². The zero-order valence-corrected chi connectivity index (χ0v) is 10.3. The minimum atomic E-state index is -0.00122. The minimum absolute atomic E-state index is 0.00122. The first kappa shape index (κ1) is 11.6. The second-order valence-corrected chi connectivity index (χ2v) is 4.00. The first-order valence-electron chi connectivity index (χ1n) is 5.75. The third kappa shape index (κ3) is 1.92. The van der Waals surface area contributed by atoms with Crippen molar-refractivity contribution in [2.75, 3.05) is 7.11 Å². The van der Waals surface area contributed by atoms with Crippen molar-refractivity contribution in [2.45, 2.75) is 6.61 Å². The highest BCUT2D eigenvalue weighted by atomic mass is 16.5. The summed E-state index contributed by atoms with van der Waals surface area (Å²) in [6, 6.07) is 7.55. The first-order valence-corrected chi connectivity index (χ1v) is 5.75. The Morgan fingerprint density at radius 3 is 2.95 bits per heavy atom. The van der Waals surface area contributed by atoms with Gasteiger partial charge in [0.15, 0.2) is 11.2 Å². The number of rotatable bonds is 3. The van der Waals surface area contributed by atoms with Crippen molar-refractivity contribution in [3.63, 3.8) is 0 Å². The van der Waals surface area contributed by atoms with E-state index in [9.17, 15) is 5.11 Å². The number of hydrogen-bond donors (Lipinski definition) is 1. The molecule has 6 heteroatoms. The maximum Gasteiger partial charge on any atom is 0.245 e. The van der Waals surface area contributed by atoms with Crippen LogP contribution < -0.4 is 4.74 Å². The molecule has 2 heterocycles. The van der Waals surface area contributed by atoms with E-state index in [0.29, 0.717) is 17.0 Å². The molecular formula is C13H12N4O2. The van der Waals surface area contributed by atoms with Crippen LogP contribution in [0.3, 0.4) is 0 Å². The van der Waals surface area contributed by atoms with Crippen LogP contribution in [-0.4, -0.2) is 31.7 Å².